The van der Waals surface area contributed by atoms with Crippen LogP contribution in [0.5, 0.6) is 5.75 Å². The molecule has 0 aliphatic rings. The largest absolute Gasteiger partial charge is 0.490 e. The molecular formula is C23H21ClN6OS. The molecule has 0 radical (unpaired) electrons. The Morgan fingerprint density at radius 3 is 2.69 bits per heavy atom. The first-order valence-corrected chi connectivity index (χ1v) is 11.2. The van der Waals surface area contributed by atoms with Gasteiger partial charge in [0.2, 0.25) is 0 Å². The van der Waals surface area contributed by atoms with E-state index in [1.807, 2.05) is 24.4 Å². The number of aryl methyl sites for hydroxylation is 2. The van der Waals surface area contributed by atoms with Gasteiger partial charge in [0, 0.05) is 34.7 Å². The quantitative estimate of drug-likeness (QED) is 0.346. The molecule has 0 saturated carbocycles. The molecular weight excluding hydrogens is 444 g/mol. The van der Waals surface area contributed by atoms with E-state index >= 15 is 0 Å². The fraction of sp³-hybridized carbons (Fsp3) is 0.174. The first-order valence-electron chi connectivity index (χ1n) is 10.0. The zero-order valence-electron chi connectivity index (χ0n) is 17.2. The second-order valence-electron chi connectivity index (χ2n) is 6.92. The van der Waals surface area contributed by atoms with Crippen LogP contribution in [0.15, 0.2) is 61.7 Å². The fourth-order valence-corrected chi connectivity index (χ4v) is 4.12. The van der Waals surface area contributed by atoms with E-state index in [4.69, 9.17) is 32.0 Å². The van der Waals surface area contributed by atoms with Crippen molar-refractivity contribution < 1.29 is 4.74 Å². The number of nitrogens with zero attached hydrogens (tertiary/aromatic N) is 5. The van der Waals surface area contributed by atoms with E-state index in [9.17, 15) is 0 Å². The lowest BCUT2D eigenvalue weighted by Crippen LogP contribution is -2.01. The summed E-state index contributed by atoms with van der Waals surface area (Å²) >= 11 is 8.08. The Kier molecular flexibility index (Phi) is 7.03. The van der Waals surface area contributed by atoms with E-state index in [-0.39, 0.29) is 0 Å². The number of nitrogens with two attached hydrogens (primary N) is 1. The zero-order valence-corrected chi connectivity index (χ0v) is 18.8. The van der Waals surface area contributed by atoms with Crippen LogP contribution in [0.3, 0.4) is 0 Å². The molecule has 2 N–H and O–H groups in total. The van der Waals surface area contributed by atoms with Gasteiger partial charge in [0.25, 0.3) is 0 Å². The molecule has 3 aromatic heterocycles. The van der Waals surface area contributed by atoms with Gasteiger partial charge in [-0.25, -0.2) is 19.9 Å². The average molecular weight is 465 g/mol. The van der Waals surface area contributed by atoms with Crippen molar-refractivity contribution in [3.63, 3.8) is 0 Å². The Labute approximate surface area is 195 Å². The van der Waals surface area contributed by atoms with Gasteiger partial charge in [-0.2, -0.15) is 0 Å². The van der Waals surface area contributed by atoms with Crippen molar-refractivity contribution in [1.29, 1.82) is 0 Å². The van der Waals surface area contributed by atoms with E-state index in [1.54, 1.807) is 30.7 Å². The van der Waals surface area contributed by atoms with E-state index in [1.165, 1.54) is 11.3 Å². The number of hydrogen-bond donors (Lipinski definition) is 1. The van der Waals surface area contributed by atoms with Crippen LogP contribution in [0.25, 0.3) is 22.8 Å². The van der Waals surface area contributed by atoms with Gasteiger partial charge < -0.3 is 10.5 Å². The molecule has 0 aliphatic heterocycles. The van der Waals surface area contributed by atoms with E-state index in [0.717, 1.165) is 41.1 Å². The second kappa shape index (κ2) is 10.3. The van der Waals surface area contributed by atoms with Gasteiger partial charge in [-0.1, -0.05) is 24.3 Å². The summed E-state index contributed by atoms with van der Waals surface area (Å²) in [6.07, 6.45) is 10.9. The maximum Gasteiger partial charge on any atom is 0.180 e. The lowest BCUT2D eigenvalue weighted by molar-refractivity contribution is 0.363. The van der Waals surface area contributed by atoms with Gasteiger partial charge in [0.15, 0.2) is 11.0 Å². The van der Waals surface area contributed by atoms with Crippen LogP contribution >= 0.6 is 22.9 Å². The first-order chi connectivity index (χ1) is 15.6. The highest BCUT2D eigenvalue weighted by Gasteiger charge is 2.13. The number of thiazole rings is 1. The summed E-state index contributed by atoms with van der Waals surface area (Å²) < 4.78 is 5.57. The molecule has 32 heavy (non-hydrogen) atoms. The molecule has 9 heteroatoms. The fourth-order valence-electron chi connectivity index (χ4n) is 3.12. The highest BCUT2D eigenvalue weighted by Crippen LogP contribution is 2.31. The zero-order chi connectivity index (χ0) is 22.3. The van der Waals surface area contributed by atoms with Gasteiger partial charge in [-0.05, 0) is 43.5 Å². The van der Waals surface area contributed by atoms with Gasteiger partial charge in [-0.15, -0.1) is 11.3 Å². The highest BCUT2D eigenvalue weighted by atomic mass is 35.5. The molecule has 0 fully saturated rings. The van der Waals surface area contributed by atoms with Crippen molar-refractivity contribution in [1.82, 2.24) is 24.9 Å². The normalized spacial score (nSPS) is 10.8. The maximum atomic E-state index is 6.57. The third kappa shape index (κ3) is 5.46. The van der Waals surface area contributed by atoms with E-state index in [2.05, 4.69) is 21.5 Å². The summed E-state index contributed by atoms with van der Waals surface area (Å²) in [5, 5.41) is 1.13. The number of rotatable bonds is 9. The third-order valence-corrected chi connectivity index (χ3v) is 5.78. The van der Waals surface area contributed by atoms with Crippen LogP contribution < -0.4 is 10.5 Å². The maximum absolute atomic E-state index is 6.57. The summed E-state index contributed by atoms with van der Waals surface area (Å²) in [6.45, 7) is 4.07. The lowest BCUT2D eigenvalue weighted by atomic mass is 10.1. The summed E-state index contributed by atoms with van der Waals surface area (Å²) in [5.74, 6) is 1.18. The number of nitrogen functional groups attached to an aromatic ring is 1. The summed E-state index contributed by atoms with van der Waals surface area (Å²) in [5.41, 5.74) is 8.75. The lowest BCUT2D eigenvalue weighted by Gasteiger charge is -2.11. The van der Waals surface area contributed by atoms with Crippen molar-refractivity contribution >= 4 is 28.1 Å². The number of hydrogen-bond acceptors (Lipinski definition) is 8. The molecule has 1 aromatic carbocycles. The molecule has 0 amide bonds. The minimum Gasteiger partial charge on any atom is -0.490 e. The molecule has 0 unspecified atom stereocenters. The Hall–Kier alpha value is -3.36. The Morgan fingerprint density at radius 2 is 1.97 bits per heavy atom. The topological polar surface area (TPSA) is 99.7 Å². The summed E-state index contributed by atoms with van der Waals surface area (Å²) in [6, 6.07) is 7.50. The van der Waals surface area contributed by atoms with Crippen LogP contribution in [-0.4, -0.2) is 31.5 Å². The van der Waals surface area contributed by atoms with E-state index < -0.39 is 0 Å². The Balaban J connectivity index is 1.63. The summed E-state index contributed by atoms with van der Waals surface area (Å²) in [7, 11) is 0. The van der Waals surface area contributed by atoms with E-state index in [0.29, 0.717) is 34.0 Å². The Bertz CT molecular complexity index is 1210. The molecule has 0 aliphatic carbocycles. The minimum atomic E-state index is 0.412. The Morgan fingerprint density at radius 1 is 1.06 bits per heavy atom. The molecule has 0 bridgehead atoms. The van der Waals surface area contributed by atoms with Crippen molar-refractivity contribution in [2.45, 2.75) is 19.3 Å². The number of aromatic nitrogens is 5. The van der Waals surface area contributed by atoms with Crippen LogP contribution in [0.2, 0.25) is 5.02 Å². The smallest absolute Gasteiger partial charge is 0.180 e. The van der Waals surface area contributed by atoms with Crippen molar-refractivity contribution in [3.05, 3.63) is 77.3 Å². The van der Waals surface area contributed by atoms with Gasteiger partial charge >= 0.3 is 0 Å². The monoisotopic (exact) mass is 464 g/mol. The second-order valence-corrected chi connectivity index (χ2v) is 8.47. The minimum absolute atomic E-state index is 0.412. The molecule has 162 valence electrons. The van der Waals surface area contributed by atoms with Crippen LogP contribution in [-0.2, 0) is 12.8 Å². The van der Waals surface area contributed by atoms with Gasteiger partial charge in [0.1, 0.15) is 18.1 Å². The number of anilines is 1. The molecule has 7 nitrogen and oxygen atoms in total. The number of halogens is 1. The number of ether oxygens (including phenoxy) is 1. The SMILES string of the molecule is C=CCOc1ccc(-c2cc(CCCc3cnc(N)s3)nc(-c3cnccn3)n2)c(Cl)c1. The van der Waals surface area contributed by atoms with Crippen LogP contribution in [0, 0.1) is 0 Å². The molecule has 0 spiro atoms. The molecule has 0 atom stereocenters. The van der Waals surface area contributed by atoms with Crippen molar-refractivity contribution in [2.75, 3.05) is 12.3 Å². The number of benzene rings is 1. The molecule has 3 heterocycles. The first kappa shape index (κ1) is 21.9. The molecule has 4 rings (SSSR count). The predicted octanol–water partition coefficient (Wildman–Crippen LogP) is 5.03. The van der Waals surface area contributed by atoms with Crippen LogP contribution in [0.4, 0.5) is 5.13 Å². The van der Waals surface area contributed by atoms with Crippen LogP contribution in [0.1, 0.15) is 17.0 Å². The third-order valence-electron chi connectivity index (χ3n) is 4.58. The molecule has 0 saturated heterocycles. The molecule has 4 aromatic rings. The van der Waals surface area contributed by atoms with Gasteiger partial charge in [0.05, 0.1) is 16.9 Å². The average Bonchev–Trinajstić information content (AvgIpc) is 3.23. The summed E-state index contributed by atoms with van der Waals surface area (Å²) in [4.78, 5) is 23.2. The van der Waals surface area contributed by atoms with Gasteiger partial charge in [-0.3, -0.25) is 4.98 Å². The van der Waals surface area contributed by atoms with Crippen molar-refractivity contribution in [3.8, 4) is 28.5 Å². The standard InChI is InChI=1S/C23H21ClN6OS/c1-2-10-31-16-6-7-18(19(24)12-16)20-11-15(4-3-5-17-13-28-23(25)32-17)29-22(30-20)21-14-26-8-9-27-21/h2,6-9,11-14H,1,3-5,10H2,(H2,25,28). The predicted molar refractivity (Wildman–Crippen MR) is 128 cm³/mol. The van der Waals surface area contributed by atoms with Crippen molar-refractivity contribution in [2.24, 2.45) is 0 Å². The highest BCUT2D eigenvalue weighted by molar-refractivity contribution is 7.15.